The highest BCUT2D eigenvalue weighted by molar-refractivity contribution is 6.06. The SMILES string of the molecule is C=CC(=O)N1CC2(CCN(c3nc(OC4C5CC4CN(CCOC)C5)nc4c(OCC(F)(F)F)c(-c5c(C)ccc6[nH]ncc56)c(C5CC5)cc34)CC2)C1. The number of nitrogens with one attached hydrogen (secondary N) is 1. The molecule has 9 rings (SSSR count). The number of anilines is 1. The van der Waals surface area contributed by atoms with E-state index in [2.05, 4.69) is 32.6 Å². The quantitative estimate of drug-likeness (QED) is 0.178. The summed E-state index contributed by atoms with van der Waals surface area (Å²) >= 11 is 0. The van der Waals surface area contributed by atoms with Gasteiger partial charge in [-0.15, -0.1) is 0 Å². The van der Waals surface area contributed by atoms with E-state index in [0.717, 1.165) is 79.3 Å². The van der Waals surface area contributed by atoms with Gasteiger partial charge in [-0.2, -0.15) is 28.2 Å². The Morgan fingerprint density at radius 2 is 1.85 bits per heavy atom. The van der Waals surface area contributed by atoms with E-state index < -0.39 is 12.8 Å². The van der Waals surface area contributed by atoms with Crippen LogP contribution in [0, 0.1) is 24.2 Å². The third-order valence-electron chi connectivity index (χ3n) is 12.5. The number of H-pyrrole nitrogens is 1. The van der Waals surface area contributed by atoms with Crippen molar-refractivity contribution in [1.29, 1.82) is 0 Å². The number of rotatable bonds is 11. The molecule has 3 aliphatic heterocycles. The largest absolute Gasteiger partial charge is 0.481 e. The molecule has 1 N–H and O–H groups in total. The molecule has 11 nitrogen and oxygen atoms in total. The predicted molar refractivity (Wildman–Crippen MR) is 198 cm³/mol. The molecule has 2 saturated carbocycles. The van der Waals surface area contributed by atoms with E-state index in [1.165, 1.54) is 6.08 Å². The number of aromatic nitrogens is 4. The van der Waals surface area contributed by atoms with Crippen LogP contribution in [-0.2, 0) is 9.53 Å². The number of aromatic amines is 1. The summed E-state index contributed by atoms with van der Waals surface area (Å²) in [4.78, 5) is 28.8. The van der Waals surface area contributed by atoms with Gasteiger partial charge >= 0.3 is 12.2 Å². The molecule has 5 fully saturated rings. The first kappa shape index (κ1) is 35.3. The lowest BCUT2D eigenvalue weighted by Crippen LogP contribution is -2.61. The zero-order chi connectivity index (χ0) is 37.4. The lowest BCUT2D eigenvalue weighted by atomic mass is 9.68. The maximum absolute atomic E-state index is 14.1. The summed E-state index contributed by atoms with van der Waals surface area (Å²) in [6.07, 6.45) is 3.03. The van der Waals surface area contributed by atoms with E-state index in [-0.39, 0.29) is 35.1 Å². The molecule has 2 unspecified atom stereocenters. The summed E-state index contributed by atoms with van der Waals surface area (Å²) in [6.45, 7) is 10.2. The number of amides is 1. The van der Waals surface area contributed by atoms with Crippen LogP contribution in [0.25, 0.3) is 32.9 Å². The molecule has 4 aromatic rings. The van der Waals surface area contributed by atoms with Crippen LogP contribution < -0.4 is 14.4 Å². The van der Waals surface area contributed by atoms with Crippen molar-refractivity contribution in [1.82, 2.24) is 30.0 Å². The van der Waals surface area contributed by atoms with Gasteiger partial charge in [0.25, 0.3) is 0 Å². The topological polar surface area (TPSA) is 109 Å². The Bertz CT molecular complexity index is 2090. The Labute approximate surface area is 311 Å². The number of hydrogen-bond acceptors (Lipinski definition) is 9. The highest BCUT2D eigenvalue weighted by Gasteiger charge is 2.49. The van der Waals surface area contributed by atoms with E-state index in [0.29, 0.717) is 66.9 Å². The molecular weight excluding hydrogens is 699 g/mol. The summed E-state index contributed by atoms with van der Waals surface area (Å²) in [5, 5.41) is 8.79. The second-order valence-electron chi connectivity index (χ2n) is 16.1. The Hall–Kier alpha value is -4.43. The molecule has 2 atom stereocenters. The third-order valence-corrected chi connectivity index (χ3v) is 12.5. The average Bonchev–Trinajstić information content (AvgIpc) is 3.89. The number of carbonyl (C=O) groups is 1. The molecule has 286 valence electrons. The normalized spacial score (nSPS) is 23.8. The Morgan fingerprint density at radius 3 is 2.54 bits per heavy atom. The van der Waals surface area contributed by atoms with Gasteiger partial charge in [-0.05, 0) is 79.8 Å². The van der Waals surface area contributed by atoms with Crippen molar-refractivity contribution in [2.24, 2.45) is 17.3 Å². The first-order chi connectivity index (χ1) is 26.0. The number of benzene rings is 2. The van der Waals surface area contributed by atoms with Crippen molar-refractivity contribution in [3.63, 3.8) is 0 Å². The number of carbonyl (C=O) groups excluding carboxylic acids is 1. The molecule has 1 amide bonds. The molecule has 2 aliphatic carbocycles. The van der Waals surface area contributed by atoms with Crippen LogP contribution in [0.15, 0.2) is 37.1 Å². The van der Waals surface area contributed by atoms with Crippen molar-refractivity contribution < 1.29 is 32.2 Å². The van der Waals surface area contributed by atoms with Crippen LogP contribution in [-0.4, -0.2) is 114 Å². The number of ether oxygens (including phenoxy) is 3. The summed E-state index contributed by atoms with van der Waals surface area (Å²) in [7, 11) is 1.71. The fourth-order valence-corrected chi connectivity index (χ4v) is 9.46. The van der Waals surface area contributed by atoms with Crippen LogP contribution in [0.5, 0.6) is 11.8 Å². The molecule has 2 aromatic carbocycles. The second kappa shape index (κ2) is 13.4. The van der Waals surface area contributed by atoms with Crippen LogP contribution in [0.4, 0.5) is 19.0 Å². The molecule has 14 heteroatoms. The zero-order valence-corrected chi connectivity index (χ0v) is 30.8. The Balaban J connectivity index is 1.17. The lowest BCUT2D eigenvalue weighted by molar-refractivity contribution is -0.153. The number of halogens is 3. The van der Waals surface area contributed by atoms with Gasteiger partial charge in [0.05, 0.1) is 18.3 Å². The minimum atomic E-state index is -4.58. The van der Waals surface area contributed by atoms with Crippen molar-refractivity contribution >= 4 is 33.5 Å². The van der Waals surface area contributed by atoms with E-state index >= 15 is 0 Å². The summed E-state index contributed by atoms with van der Waals surface area (Å²) in [5.74, 6) is 1.46. The summed E-state index contributed by atoms with van der Waals surface area (Å²) in [6, 6.07) is 6.16. The van der Waals surface area contributed by atoms with Gasteiger partial charge in [-0.25, -0.2) is 0 Å². The third kappa shape index (κ3) is 6.34. The second-order valence-corrected chi connectivity index (χ2v) is 16.1. The number of alkyl halides is 3. The molecule has 5 heterocycles. The predicted octanol–water partition coefficient (Wildman–Crippen LogP) is 6.26. The van der Waals surface area contributed by atoms with Gasteiger partial charge in [-0.1, -0.05) is 12.6 Å². The lowest BCUT2D eigenvalue weighted by Gasteiger charge is -2.54. The van der Waals surface area contributed by atoms with Gasteiger partial charge in [0.1, 0.15) is 17.4 Å². The van der Waals surface area contributed by atoms with Gasteiger partial charge in [-0.3, -0.25) is 9.89 Å². The van der Waals surface area contributed by atoms with Crippen LogP contribution in [0.2, 0.25) is 0 Å². The number of methoxy groups -OCH3 is 1. The molecule has 3 saturated heterocycles. The monoisotopic (exact) mass is 745 g/mol. The zero-order valence-electron chi connectivity index (χ0n) is 30.8. The number of fused-ring (bicyclic) bond motifs is 4. The van der Waals surface area contributed by atoms with E-state index in [1.807, 2.05) is 24.0 Å². The highest BCUT2D eigenvalue weighted by atomic mass is 19.4. The van der Waals surface area contributed by atoms with E-state index in [1.54, 1.807) is 13.3 Å². The van der Waals surface area contributed by atoms with Crippen LogP contribution >= 0.6 is 0 Å². The molecule has 2 aromatic heterocycles. The number of aryl methyl sites for hydroxylation is 1. The number of hydrogen-bond donors (Lipinski definition) is 1. The van der Waals surface area contributed by atoms with Crippen molar-refractivity contribution in [2.45, 2.75) is 57.2 Å². The summed E-state index contributed by atoms with van der Waals surface area (Å²) in [5.41, 5.74) is 4.39. The molecule has 54 heavy (non-hydrogen) atoms. The van der Waals surface area contributed by atoms with Crippen LogP contribution in [0.1, 0.15) is 49.1 Å². The van der Waals surface area contributed by atoms with Crippen molar-refractivity contribution in [3.8, 4) is 22.9 Å². The smallest absolute Gasteiger partial charge is 0.422 e. The minimum Gasteiger partial charge on any atom is -0.481 e. The van der Waals surface area contributed by atoms with Gasteiger partial charge in [0.2, 0.25) is 5.91 Å². The fourth-order valence-electron chi connectivity index (χ4n) is 9.46. The minimum absolute atomic E-state index is 0.0313. The van der Waals surface area contributed by atoms with E-state index in [4.69, 9.17) is 24.2 Å². The van der Waals surface area contributed by atoms with Crippen molar-refractivity contribution in [3.05, 3.63) is 48.2 Å². The highest BCUT2D eigenvalue weighted by Crippen LogP contribution is 2.54. The fraction of sp³-hybridized carbons (Fsp3) is 0.550. The van der Waals surface area contributed by atoms with E-state index in [9.17, 15) is 18.0 Å². The Morgan fingerprint density at radius 1 is 1.09 bits per heavy atom. The first-order valence-corrected chi connectivity index (χ1v) is 19.1. The first-order valence-electron chi connectivity index (χ1n) is 19.1. The average molecular weight is 746 g/mol. The van der Waals surface area contributed by atoms with Gasteiger partial charge < -0.3 is 28.9 Å². The van der Waals surface area contributed by atoms with Crippen molar-refractivity contribution in [2.75, 3.05) is 71.0 Å². The number of piperidine rings is 3. The molecule has 2 bridgehead atoms. The Kier molecular flexibility index (Phi) is 8.75. The molecule has 1 spiro atoms. The maximum Gasteiger partial charge on any atom is 0.422 e. The number of likely N-dealkylation sites (tertiary alicyclic amines) is 2. The van der Waals surface area contributed by atoms with Gasteiger partial charge in [0, 0.05) is 86.5 Å². The molecule has 0 radical (unpaired) electrons. The molecule has 5 aliphatic rings. The summed E-state index contributed by atoms with van der Waals surface area (Å²) < 4.78 is 60.3. The van der Waals surface area contributed by atoms with Gasteiger partial charge in [0.15, 0.2) is 12.4 Å². The standard InChI is InChI=1S/C40H46F3N7O4/c1-4-31(51)50-20-39(21-50)9-11-49(12-10-39)37-28-16-27(24-6-7-24)33(32-23(2)5-8-30-29(32)17-44-47-30)36(53-22-40(41,42)43)34(28)45-38(46-37)54-35-25-15-26(35)19-48(18-25)13-14-52-3/h4-5,8,16-17,24-26,35H,1,6-7,9-15,18-22H2,2-3H3,(H,44,47). The number of nitrogens with zero attached hydrogens (tertiary/aromatic N) is 6. The maximum atomic E-state index is 14.1. The van der Waals surface area contributed by atoms with Crippen LogP contribution in [0.3, 0.4) is 0 Å². The molecular formula is C40H46F3N7O4.